The van der Waals surface area contributed by atoms with Gasteiger partial charge in [-0.15, -0.1) is 11.3 Å². The van der Waals surface area contributed by atoms with Crippen LogP contribution in [0.25, 0.3) is 17.3 Å². The Morgan fingerprint density at radius 3 is 2.50 bits per heavy atom. The SMILES string of the molecule is CCOc1ccc(/C=C/C(=O)Nc2nc(-c3ccc(Br)cc3)c(C)s2)cc1OCC. The lowest BCUT2D eigenvalue weighted by Gasteiger charge is -2.11. The van der Waals surface area contributed by atoms with Crippen LogP contribution in [-0.4, -0.2) is 24.1 Å². The molecule has 0 aliphatic rings. The third-order valence-electron chi connectivity index (χ3n) is 4.14. The molecule has 30 heavy (non-hydrogen) atoms. The predicted octanol–water partition coefficient (Wildman–Crippen LogP) is 6.33. The summed E-state index contributed by atoms with van der Waals surface area (Å²) in [5.41, 5.74) is 2.74. The van der Waals surface area contributed by atoms with Gasteiger partial charge in [-0.25, -0.2) is 4.98 Å². The number of anilines is 1. The Hall–Kier alpha value is -2.64. The normalized spacial score (nSPS) is 10.9. The second-order valence-corrected chi connectivity index (χ2v) is 8.44. The van der Waals surface area contributed by atoms with E-state index in [1.54, 1.807) is 6.08 Å². The number of halogens is 1. The molecule has 0 saturated heterocycles. The Morgan fingerprint density at radius 1 is 1.10 bits per heavy atom. The van der Waals surface area contributed by atoms with Crippen LogP contribution in [0.5, 0.6) is 11.5 Å². The number of carbonyl (C=O) groups is 1. The number of thiazole rings is 1. The average molecular weight is 487 g/mol. The summed E-state index contributed by atoms with van der Waals surface area (Å²) in [5.74, 6) is 1.12. The Kier molecular flexibility index (Phi) is 7.65. The largest absolute Gasteiger partial charge is 0.490 e. The Labute approximate surface area is 188 Å². The van der Waals surface area contributed by atoms with Gasteiger partial charge in [-0.05, 0) is 56.7 Å². The van der Waals surface area contributed by atoms with Crippen molar-refractivity contribution in [1.82, 2.24) is 4.98 Å². The minimum absolute atomic E-state index is 0.238. The van der Waals surface area contributed by atoms with Gasteiger partial charge in [0.15, 0.2) is 16.6 Å². The topological polar surface area (TPSA) is 60.5 Å². The van der Waals surface area contributed by atoms with E-state index in [0.717, 1.165) is 26.2 Å². The number of ether oxygens (including phenoxy) is 2. The Balaban J connectivity index is 1.70. The molecule has 0 spiro atoms. The molecule has 1 N–H and O–H groups in total. The third-order valence-corrected chi connectivity index (χ3v) is 5.55. The fourth-order valence-electron chi connectivity index (χ4n) is 2.82. The van der Waals surface area contributed by atoms with Gasteiger partial charge in [0, 0.05) is 21.0 Å². The van der Waals surface area contributed by atoms with Crippen molar-refractivity contribution in [2.45, 2.75) is 20.8 Å². The highest BCUT2D eigenvalue weighted by atomic mass is 79.9. The van der Waals surface area contributed by atoms with Gasteiger partial charge < -0.3 is 9.47 Å². The van der Waals surface area contributed by atoms with E-state index in [1.165, 1.54) is 17.4 Å². The monoisotopic (exact) mass is 486 g/mol. The lowest BCUT2D eigenvalue weighted by atomic mass is 10.1. The second kappa shape index (κ2) is 10.4. The van der Waals surface area contributed by atoms with Crippen LogP contribution < -0.4 is 14.8 Å². The molecule has 7 heteroatoms. The van der Waals surface area contributed by atoms with E-state index < -0.39 is 0 Å². The molecule has 0 aliphatic carbocycles. The maximum Gasteiger partial charge on any atom is 0.250 e. The zero-order valence-corrected chi connectivity index (χ0v) is 19.5. The highest BCUT2D eigenvalue weighted by molar-refractivity contribution is 9.10. The maximum absolute atomic E-state index is 12.4. The first-order chi connectivity index (χ1) is 14.5. The molecule has 3 aromatic rings. The Bertz CT molecular complexity index is 1050. The summed E-state index contributed by atoms with van der Waals surface area (Å²) in [7, 11) is 0. The molecule has 5 nitrogen and oxygen atoms in total. The van der Waals surface area contributed by atoms with Gasteiger partial charge >= 0.3 is 0 Å². The fraction of sp³-hybridized carbons (Fsp3) is 0.217. The number of hydrogen-bond donors (Lipinski definition) is 1. The van der Waals surface area contributed by atoms with Crippen molar-refractivity contribution in [2.24, 2.45) is 0 Å². The molecule has 1 amide bonds. The van der Waals surface area contributed by atoms with Crippen LogP contribution in [0.2, 0.25) is 0 Å². The molecular formula is C23H23BrN2O3S. The van der Waals surface area contributed by atoms with Gasteiger partial charge in [-0.3, -0.25) is 10.1 Å². The van der Waals surface area contributed by atoms with Crippen molar-refractivity contribution in [3.8, 4) is 22.8 Å². The molecule has 0 aliphatic heterocycles. The van der Waals surface area contributed by atoms with Gasteiger partial charge in [0.25, 0.3) is 0 Å². The lowest BCUT2D eigenvalue weighted by molar-refractivity contribution is -0.111. The summed E-state index contributed by atoms with van der Waals surface area (Å²) in [4.78, 5) is 18.0. The van der Waals surface area contributed by atoms with Crippen LogP contribution in [0.15, 0.2) is 53.0 Å². The zero-order chi connectivity index (χ0) is 21.5. The first kappa shape index (κ1) is 22.1. The van der Waals surface area contributed by atoms with Gasteiger partial charge in [0.1, 0.15) is 0 Å². The van der Waals surface area contributed by atoms with Crippen LogP contribution >= 0.6 is 27.3 Å². The molecule has 0 atom stereocenters. The molecule has 1 aromatic heterocycles. The number of aryl methyl sites for hydroxylation is 1. The summed E-state index contributed by atoms with van der Waals surface area (Å²) in [6.45, 7) is 6.95. The zero-order valence-electron chi connectivity index (χ0n) is 17.1. The van der Waals surface area contributed by atoms with Gasteiger partial charge in [0.2, 0.25) is 5.91 Å². The molecule has 1 heterocycles. The van der Waals surface area contributed by atoms with Crippen LogP contribution in [0.1, 0.15) is 24.3 Å². The minimum atomic E-state index is -0.238. The van der Waals surface area contributed by atoms with Crippen molar-refractivity contribution in [3.63, 3.8) is 0 Å². The van der Waals surface area contributed by atoms with E-state index >= 15 is 0 Å². The number of hydrogen-bond acceptors (Lipinski definition) is 5. The lowest BCUT2D eigenvalue weighted by Crippen LogP contribution is -2.07. The molecule has 0 unspecified atom stereocenters. The first-order valence-electron chi connectivity index (χ1n) is 9.62. The molecule has 2 aromatic carbocycles. The third kappa shape index (κ3) is 5.70. The highest BCUT2D eigenvalue weighted by Gasteiger charge is 2.11. The van der Waals surface area contributed by atoms with Gasteiger partial charge in [0.05, 0.1) is 18.9 Å². The van der Waals surface area contributed by atoms with Crippen LogP contribution in [-0.2, 0) is 4.79 Å². The number of nitrogens with zero attached hydrogens (tertiary/aromatic N) is 1. The van der Waals surface area contributed by atoms with Gasteiger partial charge in [-0.2, -0.15) is 0 Å². The minimum Gasteiger partial charge on any atom is -0.490 e. The van der Waals surface area contributed by atoms with Gasteiger partial charge in [-0.1, -0.05) is 34.1 Å². The average Bonchev–Trinajstić information content (AvgIpc) is 3.09. The fourth-order valence-corrected chi connectivity index (χ4v) is 3.92. The van der Waals surface area contributed by atoms with E-state index in [-0.39, 0.29) is 5.91 Å². The predicted molar refractivity (Wildman–Crippen MR) is 126 cm³/mol. The molecular weight excluding hydrogens is 464 g/mol. The molecule has 3 rings (SSSR count). The van der Waals surface area contributed by atoms with Crippen LogP contribution in [0.4, 0.5) is 5.13 Å². The number of benzene rings is 2. The number of carbonyl (C=O) groups excluding carboxylic acids is 1. The van der Waals surface area contributed by atoms with Crippen LogP contribution in [0, 0.1) is 6.92 Å². The van der Waals surface area contributed by atoms with Crippen molar-refractivity contribution < 1.29 is 14.3 Å². The Morgan fingerprint density at radius 2 is 1.80 bits per heavy atom. The highest BCUT2D eigenvalue weighted by Crippen LogP contribution is 2.31. The first-order valence-corrected chi connectivity index (χ1v) is 11.2. The van der Waals surface area contributed by atoms with Crippen molar-refractivity contribution in [1.29, 1.82) is 0 Å². The molecule has 0 fully saturated rings. The molecule has 0 bridgehead atoms. The number of aromatic nitrogens is 1. The molecule has 156 valence electrons. The standard InChI is InChI=1S/C23H23BrN2O3S/c1-4-28-19-12-6-16(14-20(19)29-5-2)7-13-21(27)25-23-26-22(15(3)30-23)17-8-10-18(24)11-9-17/h6-14H,4-5H2,1-3H3,(H,25,26,27)/b13-7+. The summed E-state index contributed by atoms with van der Waals surface area (Å²) in [6, 6.07) is 13.5. The number of nitrogens with one attached hydrogen (secondary N) is 1. The van der Waals surface area contributed by atoms with E-state index in [4.69, 9.17) is 9.47 Å². The van der Waals surface area contributed by atoms with Crippen LogP contribution in [0.3, 0.4) is 0 Å². The number of rotatable bonds is 8. The van der Waals surface area contributed by atoms with Crippen molar-refractivity contribution in [2.75, 3.05) is 18.5 Å². The molecule has 0 radical (unpaired) electrons. The number of amides is 1. The van der Waals surface area contributed by atoms with E-state index in [2.05, 4.69) is 26.2 Å². The second-order valence-electron chi connectivity index (χ2n) is 6.33. The summed E-state index contributed by atoms with van der Waals surface area (Å²) >= 11 is 4.89. The molecule has 0 saturated carbocycles. The summed E-state index contributed by atoms with van der Waals surface area (Å²) < 4.78 is 12.2. The van der Waals surface area contributed by atoms with Crippen molar-refractivity contribution >= 4 is 44.4 Å². The van der Waals surface area contributed by atoms with Crippen molar-refractivity contribution in [3.05, 3.63) is 63.5 Å². The smallest absolute Gasteiger partial charge is 0.250 e. The summed E-state index contributed by atoms with van der Waals surface area (Å²) in [6.07, 6.45) is 3.23. The summed E-state index contributed by atoms with van der Waals surface area (Å²) in [5, 5.41) is 3.41. The van der Waals surface area contributed by atoms with E-state index in [9.17, 15) is 4.79 Å². The van der Waals surface area contributed by atoms with E-state index in [0.29, 0.717) is 29.8 Å². The maximum atomic E-state index is 12.4. The quantitative estimate of drug-likeness (QED) is 0.377. The van der Waals surface area contributed by atoms with E-state index in [1.807, 2.05) is 63.2 Å².